The van der Waals surface area contributed by atoms with E-state index in [0.29, 0.717) is 11.3 Å². The van der Waals surface area contributed by atoms with Crippen LogP contribution >= 0.6 is 15.9 Å². The number of halogens is 1. The van der Waals surface area contributed by atoms with E-state index in [9.17, 15) is 9.59 Å². The number of carbonyl (C=O) groups excluding carboxylic acids is 2. The van der Waals surface area contributed by atoms with Crippen molar-refractivity contribution < 1.29 is 9.59 Å². The average Bonchev–Trinajstić information content (AvgIpc) is 2.73. The lowest BCUT2D eigenvalue weighted by molar-refractivity contribution is -0.118. The molecule has 1 fully saturated rings. The van der Waals surface area contributed by atoms with E-state index in [1.807, 2.05) is 26.0 Å². The van der Waals surface area contributed by atoms with Crippen LogP contribution in [-0.4, -0.2) is 61.0 Å². The van der Waals surface area contributed by atoms with Crippen molar-refractivity contribution in [3.05, 3.63) is 52.6 Å². The van der Waals surface area contributed by atoms with Crippen molar-refractivity contribution in [2.24, 2.45) is 5.92 Å². The number of nitrogens with one attached hydrogen (secondary N) is 2. The maximum Gasteiger partial charge on any atom is 0.251 e. The summed E-state index contributed by atoms with van der Waals surface area (Å²) in [6, 6.07) is 10.2. The average molecular weight is 474 g/mol. The molecule has 160 valence electrons. The number of pyridine rings is 1. The highest BCUT2D eigenvalue weighted by atomic mass is 79.9. The Labute approximate surface area is 186 Å². The van der Waals surface area contributed by atoms with Gasteiger partial charge < -0.3 is 20.4 Å². The minimum atomic E-state index is -0.654. The first-order chi connectivity index (χ1) is 14.3. The van der Waals surface area contributed by atoms with Crippen LogP contribution in [0.5, 0.6) is 0 Å². The molecule has 0 radical (unpaired) electrons. The molecule has 0 unspecified atom stereocenters. The number of amides is 2. The first kappa shape index (κ1) is 22.2. The second kappa shape index (κ2) is 10.0. The second-order valence-electron chi connectivity index (χ2n) is 7.89. The molecule has 2 heterocycles. The third-order valence-electron chi connectivity index (χ3n) is 5.18. The lowest BCUT2D eigenvalue weighted by Gasteiger charge is -2.33. The highest BCUT2D eigenvalue weighted by Crippen LogP contribution is 2.17. The van der Waals surface area contributed by atoms with Gasteiger partial charge in [-0.25, -0.2) is 4.98 Å². The van der Waals surface area contributed by atoms with Gasteiger partial charge in [0.1, 0.15) is 11.9 Å². The van der Waals surface area contributed by atoms with Crippen LogP contribution in [0.25, 0.3) is 0 Å². The molecule has 3 rings (SSSR count). The van der Waals surface area contributed by atoms with E-state index in [1.165, 1.54) is 0 Å². The van der Waals surface area contributed by atoms with Crippen LogP contribution in [0.4, 0.5) is 11.5 Å². The van der Waals surface area contributed by atoms with Gasteiger partial charge >= 0.3 is 0 Å². The Hall–Kier alpha value is -2.45. The second-order valence-corrected chi connectivity index (χ2v) is 8.80. The summed E-state index contributed by atoms with van der Waals surface area (Å²) in [7, 11) is 2.12. The molecular weight excluding hydrogens is 446 g/mol. The van der Waals surface area contributed by atoms with E-state index >= 15 is 0 Å². The SMILES string of the molecule is CC(C)[C@H](NC(=O)c1ccc(Br)cc1)C(=O)Nc1ccc(N2CCN(C)CC2)nc1. The maximum absolute atomic E-state index is 12.8. The zero-order valence-electron chi connectivity index (χ0n) is 17.6. The summed E-state index contributed by atoms with van der Waals surface area (Å²) < 4.78 is 0.893. The number of hydrogen-bond acceptors (Lipinski definition) is 5. The Balaban J connectivity index is 1.61. The number of rotatable bonds is 6. The fourth-order valence-corrected chi connectivity index (χ4v) is 3.53. The number of aromatic nitrogens is 1. The van der Waals surface area contributed by atoms with Gasteiger partial charge in [0.25, 0.3) is 5.91 Å². The van der Waals surface area contributed by atoms with E-state index < -0.39 is 6.04 Å². The topological polar surface area (TPSA) is 77.6 Å². The van der Waals surface area contributed by atoms with E-state index in [0.717, 1.165) is 36.5 Å². The molecule has 1 aromatic carbocycles. The van der Waals surface area contributed by atoms with Crippen molar-refractivity contribution in [3.63, 3.8) is 0 Å². The predicted octanol–water partition coefficient (Wildman–Crippen LogP) is 2.99. The number of benzene rings is 1. The largest absolute Gasteiger partial charge is 0.354 e. The monoisotopic (exact) mass is 473 g/mol. The summed E-state index contributed by atoms with van der Waals surface area (Å²) in [6.45, 7) is 7.70. The van der Waals surface area contributed by atoms with Gasteiger partial charge in [-0.05, 0) is 49.4 Å². The Bertz CT molecular complexity index is 862. The zero-order chi connectivity index (χ0) is 21.7. The summed E-state index contributed by atoms with van der Waals surface area (Å²) in [5.74, 6) is 0.302. The first-order valence-electron chi connectivity index (χ1n) is 10.1. The smallest absolute Gasteiger partial charge is 0.251 e. The van der Waals surface area contributed by atoms with Crippen molar-refractivity contribution in [2.45, 2.75) is 19.9 Å². The van der Waals surface area contributed by atoms with E-state index in [-0.39, 0.29) is 17.7 Å². The van der Waals surface area contributed by atoms with Crippen LogP contribution < -0.4 is 15.5 Å². The van der Waals surface area contributed by atoms with Gasteiger partial charge in [0.05, 0.1) is 11.9 Å². The molecule has 1 aliphatic rings. The Morgan fingerprint density at radius 1 is 1.03 bits per heavy atom. The molecule has 0 aliphatic carbocycles. The number of anilines is 2. The van der Waals surface area contributed by atoms with Crippen LogP contribution in [0.1, 0.15) is 24.2 Å². The molecule has 0 bridgehead atoms. The predicted molar refractivity (Wildman–Crippen MR) is 123 cm³/mol. The van der Waals surface area contributed by atoms with Crippen molar-refractivity contribution in [1.82, 2.24) is 15.2 Å². The van der Waals surface area contributed by atoms with Crippen LogP contribution in [0, 0.1) is 5.92 Å². The van der Waals surface area contributed by atoms with Crippen molar-refractivity contribution in [1.29, 1.82) is 0 Å². The summed E-state index contributed by atoms with van der Waals surface area (Å²) in [5, 5.41) is 5.72. The quantitative estimate of drug-likeness (QED) is 0.674. The third-order valence-corrected chi connectivity index (χ3v) is 5.71. The third kappa shape index (κ3) is 5.79. The molecule has 1 saturated heterocycles. The minimum absolute atomic E-state index is 0.0676. The molecule has 0 saturated carbocycles. The van der Waals surface area contributed by atoms with E-state index in [1.54, 1.807) is 30.5 Å². The van der Waals surface area contributed by atoms with Gasteiger partial charge in [0, 0.05) is 36.2 Å². The number of nitrogens with zero attached hydrogens (tertiary/aromatic N) is 3. The Morgan fingerprint density at radius 2 is 1.70 bits per heavy atom. The molecule has 2 N–H and O–H groups in total. The highest BCUT2D eigenvalue weighted by molar-refractivity contribution is 9.10. The molecular formula is C22H28BrN5O2. The van der Waals surface area contributed by atoms with Gasteiger partial charge in [-0.3, -0.25) is 9.59 Å². The number of hydrogen-bond donors (Lipinski definition) is 2. The number of piperazine rings is 1. The highest BCUT2D eigenvalue weighted by Gasteiger charge is 2.25. The van der Waals surface area contributed by atoms with Crippen LogP contribution in [0.2, 0.25) is 0 Å². The Kier molecular flexibility index (Phi) is 7.44. The number of likely N-dealkylation sites (N-methyl/N-ethyl adjacent to an activating group) is 1. The molecule has 0 spiro atoms. The fraction of sp³-hybridized carbons (Fsp3) is 0.409. The lowest BCUT2D eigenvalue weighted by Crippen LogP contribution is -2.47. The summed E-state index contributed by atoms with van der Waals surface area (Å²) >= 11 is 3.36. The zero-order valence-corrected chi connectivity index (χ0v) is 19.1. The van der Waals surface area contributed by atoms with E-state index in [4.69, 9.17) is 0 Å². The molecule has 2 amide bonds. The van der Waals surface area contributed by atoms with Crippen molar-refractivity contribution >= 4 is 39.2 Å². The van der Waals surface area contributed by atoms with Crippen molar-refractivity contribution in [3.8, 4) is 0 Å². The van der Waals surface area contributed by atoms with E-state index in [2.05, 4.69) is 48.4 Å². The van der Waals surface area contributed by atoms with Gasteiger partial charge in [0.15, 0.2) is 0 Å². The molecule has 1 atom stereocenters. The molecule has 8 heteroatoms. The Morgan fingerprint density at radius 3 is 2.27 bits per heavy atom. The van der Waals surface area contributed by atoms with Gasteiger partial charge in [0.2, 0.25) is 5.91 Å². The van der Waals surface area contributed by atoms with Crippen LogP contribution in [0.3, 0.4) is 0 Å². The molecule has 2 aromatic rings. The lowest BCUT2D eigenvalue weighted by atomic mass is 10.0. The normalized spacial score (nSPS) is 15.7. The summed E-state index contributed by atoms with van der Waals surface area (Å²) in [6.07, 6.45) is 1.67. The molecule has 1 aromatic heterocycles. The minimum Gasteiger partial charge on any atom is -0.354 e. The molecule has 30 heavy (non-hydrogen) atoms. The molecule has 1 aliphatic heterocycles. The van der Waals surface area contributed by atoms with Crippen molar-refractivity contribution in [2.75, 3.05) is 43.4 Å². The first-order valence-corrected chi connectivity index (χ1v) is 10.9. The fourth-order valence-electron chi connectivity index (χ4n) is 3.26. The van der Waals surface area contributed by atoms with Gasteiger partial charge in [-0.2, -0.15) is 0 Å². The van der Waals surface area contributed by atoms with Gasteiger partial charge in [-0.15, -0.1) is 0 Å². The summed E-state index contributed by atoms with van der Waals surface area (Å²) in [5.41, 5.74) is 1.12. The number of carbonyl (C=O) groups is 2. The standard InChI is InChI=1S/C22H28BrN5O2/c1-15(2)20(26-21(29)16-4-6-17(23)7-5-16)22(30)25-18-8-9-19(24-14-18)28-12-10-27(3)11-13-28/h4-9,14-15,20H,10-13H2,1-3H3,(H,25,30)(H,26,29)/t20-/m0/s1. The van der Waals surface area contributed by atoms with Crippen LogP contribution in [-0.2, 0) is 4.79 Å². The van der Waals surface area contributed by atoms with Crippen LogP contribution in [0.15, 0.2) is 47.1 Å². The summed E-state index contributed by atoms with van der Waals surface area (Å²) in [4.78, 5) is 34.4. The van der Waals surface area contributed by atoms with Gasteiger partial charge in [-0.1, -0.05) is 29.8 Å². The molecule has 7 nitrogen and oxygen atoms in total. The maximum atomic E-state index is 12.8.